The molecule has 1 aromatic carbocycles. The SMILES string of the molecule is COc1ccc(OC)c(CC(=O)N2CCC[C@@H]2C(=O)OC(C)(C)C)c1. The number of nitrogens with zero attached hydrogens (tertiary/aromatic N) is 1. The van der Waals surface area contributed by atoms with Crippen LogP contribution in [0.25, 0.3) is 0 Å². The van der Waals surface area contributed by atoms with Crippen LogP contribution in [-0.4, -0.2) is 49.2 Å². The van der Waals surface area contributed by atoms with Crippen LogP contribution in [0.15, 0.2) is 18.2 Å². The second-order valence-corrected chi connectivity index (χ2v) is 7.13. The number of carbonyl (C=O) groups excluding carboxylic acids is 2. The molecular weight excluding hydrogens is 322 g/mol. The molecule has 138 valence electrons. The van der Waals surface area contributed by atoms with Crippen molar-refractivity contribution in [1.29, 1.82) is 0 Å². The van der Waals surface area contributed by atoms with Crippen molar-refractivity contribution < 1.29 is 23.8 Å². The van der Waals surface area contributed by atoms with Gasteiger partial charge in [0, 0.05) is 12.1 Å². The van der Waals surface area contributed by atoms with Crippen LogP contribution in [0.5, 0.6) is 11.5 Å². The zero-order valence-corrected chi connectivity index (χ0v) is 15.6. The van der Waals surface area contributed by atoms with E-state index in [1.165, 1.54) is 0 Å². The maximum absolute atomic E-state index is 12.8. The van der Waals surface area contributed by atoms with Gasteiger partial charge in [-0.25, -0.2) is 4.79 Å². The number of amides is 1. The van der Waals surface area contributed by atoms with Crippen LogP contribution in [0.1, 0.15) is 39.2 Å². The molecule has 0 aromatic heterocycles. The van der Waals surface area contributed by atoms with Gasteiger partial charge in [0.05, 0.1) is 20.6 Å². The average Bonchev–Trinajstić information content (AvgIpc) is 3.03. The highest BCUT2D eigenvalue weighted by atomic mass is 16.6. The summed E-state index contributed by atoms with van der Waals surface area (Å²) in [6.07, 6.45) is 1.58. The number of rotatable bonds is 5. The third-order valence-electron chi connectivity index (χ3n) is 4.08. The molecule has 1 aromatic rings. The van der Waals surface area contributed by atoms with E-state index in [1.807, 2.05) is 20.8 Å². The van der Waals surface area contributed by atoms with Gasteiger partial charge >= 0.3 is 5.97 Å². The van der Waals surface area contributed by atoms with Gasteiger partial charge < -0.3 is 19.1 Å². The van der Waals surface area contributed by atoms with Gasteiger partial charge in [-0.3, -0.25) is 4.79 Å². The topological polar surface area (TPSA) is 65.1 Å². The number of carbonyl (C=O) groups is 2. The predicted octanol–water partition coefficient (Wildman–Crippen LogP) is 2.58. The minimum absolute atomic E-state index is 0.111. The highest BCUT2D eigenvalue weighted by Crippen LogP contribution is 2.27. The van der Waals surface area contributed by atoms with Gasteiger partial charge in [-0.15, -0.1) is 0 Å². The quantitative estimate of drug-likeness (QED) is 0.765. The van der Waals surface area contributed by atoms with E-state index in [9.17, 15) is 9.59 Å². The number of benzene rings is 1. The molecule has 0 aliphatic carbocycles. The van der Waals surface area contributed by atoms with Crippen molar-refractivity contribution in [3.05, 3.63) is 23.8 Å². The summed E-state index contributed by atoms with van der Waals surface area (Å²) >= 11 is 0. The normalized spacial score (nSPS) is 17.3. The van der Waals surface area contributed by atoms with E-state index >= 15 is 0 Å². The summed E-state index contributed by atoms with van der Waals surface area (Å²) in [6, 6.07) is 4.83. The lowest BCUT2D eigenvalue weighted by Crippen LogP contribution is -2.44. The van der Waals surface area contributed by atoms with Crippen molar-refractivity contribution >= 4 is 11.9 Å². The minimum atomic E-state index is -0.565. The Kier molecular flexibility index (Phi) is 5.93. The number of hydrogen-bond acceptors (Lipinski definition) is 5. The molecule has 0 N–H and O–H groups in total. The maximum Gasteiger partial charge on any atom is 0.329 e. The Morgan fingerprint density at radius 2 is 1.92 bits per heavy atom. The van der Waals surface area contributed by atoms with Crippen LogP contribution >= 0.6 is 0 Å². The van der Waals surface area contributed by atoms with Crippen molar-refractivity contribution in [3.8, 4) is 11.5 Å². The first-order chi connectivity index (χ1) is 11.7. The third kappa shape index (κ3) is 4.87. The number of methoxy groups -OCH3 is 2. The van der Waals surface area contributed by atoms with E-state index in [-0.39, 0.29) is 18.3 Å². The molecule has 0 unspecified atom stereocenters. The van der Waals surface area contributed by atoms with Gasteiger partial charge in [0.2, 0.25) is 5.91 Å². The highest BCUT2D eigenvalue weighted by Gasteiger charge is 2.36. The van der Waals surface area contributed by atoms with Crippen LogP contribution in [0.4, 0.5) is 0 Å². The first-order valence-corrected chi connectivity index (χ1v) is 8.48. The fourth-order valence-electron chi connectivity index (χ4n) is 2.96. The number of ether oxygens (including phenoxy) is 3. The third-order valence-corrected chi connectivity index (χ3v) is 4.08. The van der Waals surface area contributed by atoms with Crippen molar-refractivity contribution in [1.82, 2.24) is 4.90 Å². The molecule has 1 atom stereocenters. The van der Waals surface area contributed by atoms with E-state index in [0.717, 1.165) is 12.0 Å². The average molecular weight is 349 g/mol. The maximum atomic E-state index is 12.8. The zero-order chi connectivity index (χ0) is 18.6. The molecule has 0 spiro atoms. The Hall–Kier alpha value is -2.24. The van der Waals surface area contributed by atoms with Crippen LogP contribution < -0.4 is 9.47 Å². The van der Waals surface area contributed by atoms with Crippen LogP contribution in [0.2, 0.25) is 0 Å². The zero-order valence-electron chi connectivity index (χ0n) is 15.6. The second kappa shape index (κ2) is 7.76. The predicted molar refractivity (Wildman–Crippen MR) is 93.8 cm³/mol. The number of hydrogen-bond donors (Lipinski definition) is 0. The summed E-state index contributed by atoms with van der Waals surface area (Å²) in [6.45, 7) is 6.04. The minimum Gasteiger partial charge on any atom is -0.497 e. The van der Waals surface area contributed by atoms with Gasteiger partial charge in [-0.2, -0.15) is 0 Å². The van der Waals surface area contributed by atoms with Crippen molar-refractivity contribution in [3.63, 3.8) is 0 Å². The van der Waals surface area contributed by atoms with Crippen molar-refractivity contribution in [2.24, 2.45) is 0 Å². The van der Waals surface area contributed by atoms with Crippen molar-refractivity contribution in [2.75, 3.05) is 20.8 Å². The summed E-state index contributed by atoms with van der Waals surface area (Å²) in [5.74, 6) is 0.840. The molecule has 2 rings (SSSR count). The standard InChI is InChI=1S/C19H27NO5/c1-19(2,3)25-18(22)15-7-6-10-20(15)17(21)12-13-11-14(23-4)8-9-16(13)24-5/h8-9,11,15H,6-7,10,12H2,1-5H3/t15-/m1/s1. The smallest absolute Gasteiger partial charge is 0.329 e. The first-order valence-electron chi connectivity index (χ1n) is 8.48. The monoisotopic (exact) mass is 349 g/mol. The molecule has 1 saturated heterocycles. The molecule has 6 heteroatoms. The molecule has 0 bridgehead atoms. The number of likely N-dealkylation sites (tertiary alicyclic amines) is 1. The van der Waals surface area contributed by atoms with Gasteiger partial charge in [-0.05, 0) is 51.8 Å². The molecule has 1 aliphatic rings. The molecule has 0 radical (unpaired) electrons. The summed E-state index contributed by atoms with van der Waals surface area (Å²) in [5, 5.41) is 0. The Morgan fingerprint density at radius 1 is 1.20 bits per heavy atom. The molecule has 1 heterocycles. The summed E-state index contributed by atoms with van der Waals surface area (Å²) < 4.78 is 16.0. The van der Waals surface area contributed by atoms with E-state index in [1.54, 1.807) is 37.3 Å². The Bertz CT molecular complexity index is 635. The second-order valence-electron chi connectivity index (χ2n) is 7.13. The summed E-state index contributed by atoms with van der Waals surface area (Å²) in [7, 11) is 3.14. The molecule has 1 aliphatic heterocycles. The van der Waals surface area contributed by atoms with Gasteiger partial charge in [0.1, 0.15) is 23.1 Å². The van der Waals surface area contributed by atoms with Gasteiger partial charge in [0.15, 0.2) is 0 Å². The van der Waals surface area contributed by atoms with Gasteiger partial charge in [-0.1, -0.05) is 0 Å². The van der Waals surface area contributed by atoms with Crippen molar-refractivity contribution in [2.45, 2.75) is 51.7 Å². The Morgan fingerprint density at radius 3 is 2.52 bits per heavy atom. The largest absolute Gasteiger partial charge is 0.497 e. The van der Waals surface area contributed by atoms with E-state index in [0.29, 0.717) is 24.5 Å². The lowest BCUT2D eigenvalue weighted by molar-refractivity contribution is -0.163. The van der Waals surface area contributed by atoms with Gasteiger partial charge in [0.25, 0.3) is 0 Å². The Balaban J connectivity index is 2.13. The van der Waals surface area contributed by atoms with E-state index in [2.05, 4.69) is 0 Å². The molecule has 0 saturated carbocycles. The van der Waals surface area contributed by atoms with Crippen LogP contribution in [-0.2, 0) is 20.7 Å². The molecule has 1 fully saturated rings. The molecular formula is C19H27NO5. The van der Waals surface area contributed by atoms with E-state index < -0.39 is 11.6 Å². The summed E-state index contributed by atoms with van der Waals surface area (Å²) in [5.41, 5.74) is 0.173. The molecule has 1 amide bonds. The Labute approximate surface area is 149 Å². The molecule has 25 heavy (non-hydrogen) atoms. The highest BCUT2D eigenvalue weighted by molar-refractivity contribution is 5.87. The fourth-order valence-corrected chi connectivity index (χ4v) is 2.96. The van der Waals surface area contributed by atoms with Crippen LogP contribution in [0.3, 0.4) is 0 Å². The fraction of sp³-hybridized carbons (Fsp3) is 0.579. The number of esters is 1. The van der Waals surface area contributed by atoms with Crippen LogP contribution in [0, 0.1) is 0 Å². The van der Waals surface area contributed by atoms with E-state index in [4.69, 9.17) is 14.2 Å². The first kappa shape index (κ1) is 19.1. The molecule has 6 nitrogen and oxygen atoms in total. The summed E-state index contributed by atoms with van der Waals surface area (Å²) in [4.78, 5) is 26.8. The lowest BCUT2D eigenvalue weighted by Gasteiger charge is -2.27. The lowest BCUT2D eigenvalue weighted by atomic mass is 10.1.